The molecule has 1 aromatic carbocycles. The molecule has 25 heavy (non-hydrogen) atoms. The van der Waals surface area contributed by atoms with E-state index in [1.165, 1.54) is 5.69 Å². The maximum Gasteiger partial charge on any atom is 0.320 e. The third-order valence-electron chi connectivity index (χ3n) is 4.27. The van der Waals surface area contributed by atoms with Gasteiger partial charge in [-0.1, -0.05) is 23.4 Å². The second-order valence-corrected chi connectivity index (χ2v) is 6.45. The summed E-state index contributed by atoms with van der Waals surface area (Å²) in [6.45, 7) is 8.61. The number of amides is 2. The SMILES string of the molecule is Cc1cc(NC(=O)N[C@@H](C)CN2CCN(c3ccccc3)CC2)no1. The van der Waals surface area contributed by atoms with E-state index in [9.17, 15) is 4.79 Å². The van der Waals surface area contributed by atoms with Crippen molar-refractivity contribution in [1.82, 2.24) is 15.4 Å². The molecule has 3 rings (SSSR count). The number of rotatable bonds is 5. The fraction of sp³-hybridized carbons (Fsp3) is 0.444. The maximum absolute atomic E-state index is 12.0. The first-order chi connectivity index (χ1) is 12.1. The van der Waals surface area contributed by atoms with Crippen molar-refractivity contribution in [3.05, 3.63) is 42.2 Å². The number of aryl methyl sites for hydroxylation is 1. The Morgan fingerprint density at radius 2 is 1.96 bits per heavy atom. The molecule has 0 saturated carbocycles. The van der Waals surface area contributed by atoms with Crippen LogP contribution in [0.2, 0.25) is 0 Å². The van der Waals surface area contributed by atoms with Crippen LogP contribution in [-0.2, 0) is 0 Å². The number of nitrogens with zero attached hydrogens (tertiary/aromatic N) is 3. The van der Waals surface area contributed by atoms with Gasteiger partial charge in [0.2, 0.25) is 0 Å². The average molecular weight is 343 g/mol. The molecular formula is C18H25N5O2. The molecule has 7 nitrogen and oxygen atoms in total. The molecule has 2 heterocycles. The molecule has 1 aliphatic heterocycles. The zero-order valence-corrected chi connectivity index (χ0v) is 14.7. The summed E-state index contributed by atoms with van der Waals surface area (Å²) in [6.07, 6.45) is 0. The molecule has 1 fully saturated rings. The quantitative estimate of drug-likeness (QED) is 0.871. The van der Waals surface area contributed by atoms with E-state index in [1.807, 2.05) is 13.0 Å². The van der Waals surface area contributed by atoms with Gasteiger partial charge in [0.25, 0.3) is 0 Å². The fourth-order valence-corrected chi connectivity index (χ4v) is 3.06. The number of benzene rings is 1. The first-order valence-corrected chi connectivity index (χ1v) is 8.63. The van der Waals surface area contributed by atoms with Crippen molar-refractivity contribution in [1.29, 1.82) is 0 Å². The third kappa shape index (κ3) is 4.96. The molecular weight excluding hydrogens is 318 g/mol. The predicted molar refractivity (Wildman–Crippen MR) is 98.0 cm³/mol. The minimum Gasteiger partial charge on any atom is -0.369 e. The number of urea groups is 1. The molecule has 7 heteroatoms. The monoisotopic (exact) mass is 343 g/mol. The minimum atomic E-state index is -0.260. The zero-order valence-electron chi connectivity index (χ0n) is 14.7. The molecule has 0 radical (unpaired) electrons. The van der Waals surface area contributed by atoms with Crippen LogP contribution in [0.4, 0.5) is 16.3 Å². The van der Waals surface area contributed by atoms with Crippen LogP contribution in [0.3, 0.4) is 0 Å². The van der Waals surface area contributed by atoms with E-state index >= 15 is 0 Å². The predicted octanol–water partition coefficient (Wildman–Crippen LogP) is 2.32. The molecule has 1 aliphatic rings. The van der Waals surface area contributed by atoms with Gasteiger partial charge in [0.05, 0.1) is 0 Å². The lowest BCUT2D eigenvalue weighted by Gasteiger charge is -2.37. The summed E-state index contributed by atoms with van der Waals surface area (Å²) < 4.78 is 4.93. The van der Waals surface area contributed by atoms with Crippen molar-refractivity contribution in [3.8, 4) is 0 Å². The van der Waals surface area contributed by atoms with Gasteiger partial charge in [0.1, 0.15) is 5.76 Å². The van der Waals surface area contributed by atoms with Crippen molar-refractivity contribution < 1.29 is 9.32 Å². The van der Waals surface area contributed by atoms with Crippen molar-refractivity contribution in [3.63, 3.8) is 0 Å². The summed E-state index contributed by atoms with van der Waals surface area (Å²) >= 11 is 0. The van der Waals surface area contributed by atoms with Crippen molar-refractivity contribution >= 4 is 17.5 Å². The third-order valence-corrected chi connectivity index (χ3v) is 4.27. The Kier molecular flexibility index (Phi) is 5.55. The first-order valence-electron chi connectivity index (χ1n) is 8.63. The van der Waals surface area contributed by atoms with Crippen LogP contribution in [0.25, 0.3) is 0 Å². The Bertz CT molecular complexity index is 680. The largest absolute Gasteiger partial charge is 0.369 e. The van der Waals surface area contributed by atoms with E-state index in [0.29, 0.717) is 11.6 Å². The van der Waals surface area contributed by atoms with Crippen LogP contribution < -0.4 is 15.5 Å². The van der Waals surface area contributed by atoms with Gasteiger partial charge in [-0.05, 0) is 26.0 Å². The molecule has 2 amide bonds. The Morgan fingerprint density at radius 1 is 1.24 bits per heavy atom. The molecule has 2 aromatic rings. The Labute approximate surface area is 148 Å². The average Bonchev–Trinajstić information content (AvgIpc) is 3.01. The van der Waals surface area contributed by atoms with Gasteiger partial charge in [-0.2, -0.15) is 0 Å². The Morgan fingerprint density at radius 3 is 2.60 bits per heavy atom. The Balaban J connectivity index is 1.40. The van der Waals surface area contributed by atoms with Crippen LogP contribution in [0.5, 0.6) is 0 Å². The summed E-state index contributed by atoms with van der Waals surface area (Å²) in [5, 5.41) is 9.37. The molecule has 0 spiro atoms. The molecule has 1 atom stereocenters. The first kappa shape index (κ1) is 17.3. The Hall–Kier alpha value is -2.54. The lowest BCUT2D eigenvalue weighted by Crippen LogP contribution is -2.51. The number of para-hydroxylation sites is 1. The molecule has 1 saturated heterocycles. The number of anilines is 2. The van der Waals surface area contributed by atoms with Gasteiger partial charge in [-0.15, -0.1) is 0 Å². The van der Waals surface area contributed by atoms with Crippen LogP contribution in [0.15, 0.2) is 40.9 Å². The molecule has 0 aliphatic carbocycles. The van der Waals surface area contributed by atoms with Gasteiger partial charge in [-0.25, -0.2) is 4.79 Å². The summed E-state index contributed by atoms with van der Waals surface area (Å²) in [5.74, 6) is 1.10. The van der Waals surface area contributed by atoms with Gasteiger partial charge < -0.3 is 14.7 Å². The zero-order chi connectivity index (χ0) is 17.6. The van der Waals surface area contributed by atoms with E-state index in [2.05, 4.69) is 49.9 Å². The smallest absolute Gasteiger partial charge is 0.320 e. The summed E-state index contributed by atoms with van der Waals surface area (Å²) in [7, 11) is 0. The van der Waals surface area contributed by atoms with E-state index < -0.39 is 0 Å². The van der Waals surface area contributed by atoms with E-state index in [-0.39, 0.29) is 12.1 Å². The molecule has 2 N–H and O–H groups in total. The molecule has 134 valence electrons. The normalized spacial score (nSPS) is 16.5. The summed E-state index contributed by atoms with van der Waals surface area (Å²) in [5.41, 5.74) is 1.27. The van der Waals surface area contributed by atoms with E-state index in [4.69, 9.17) is 4.52 Å². The topological polar surface area (TPSA) is 73.6 Å². The van der Waals surface area contributed by atoms with Gasteiger partial charge >= 0.3 is 6.03 Å². The minimum absolute atomic E-state index is 0.0521. The fourth-order valence-electron chi connectivity index (χ4n) is 3.06. The lowest BCUT2D eigenvalue weighted by molar-refractivity contribution is 0.224. The van der Waals surface area contributed by atoms with E-state index in [1.54, 1.807) is 13.0 Å². The standard InChI is InChI=1S/C18H25N5O2/c1-14(19-18(24)20-17-12-15(2)25-21-17)13-22-8-10-23(11-9-22)16-6-4-3-5-7-16/h3-7,12,14H,8-11,13H2,1-2H3,(H2,19,20,21,24)/t14-/m0/s1. The van der Waals surface area contributed by atoms with Gasteiger partial charge in [-0.3, -0.25) is 10.2 Å². The van der Waals surface area contributed by atoms with Crippen LogP contribution in [0, 0.1) is 6.92 Å². The molecule has 0 unspecified atom stereocenters. The number of nitrogens with one attached hydrogen (secondary N) is 2. The van der Waals surface area contributed by atoms with Crippen LogP contribution in [-0.4, -0.2) is 54.9 Å². The van der Waals surface area contributed by atoms with Crippen molar-refractivity contribution in [2.75, 3.05) is 42.9 Å². The number of hydrogen-bond acceptors (Lipinski definition) is 5. The van der Waals surface area contributed by atoms with Crippen LogP contribution in [0.1, 0.15) is 12.7 Å². The summed E-state index contributed by atoms with van der Waals surface area (Å²) in [6, 6.07) is 12.0. The van der Waals surface area contributed by atoms with Gasteiger partial charge in [0, 0.05) is 50.5 Å². The van der Waals surface area contributed by atoms with Crippen molar-refractivity contribution in [2.45, 2.75) is 19.9 Å². The van der Waals surface area contributed by atoms with E-state index in [0.717, 1.165) is 32.7 Å². The molecule has 0 bridgehead atoms. The highest BCUT2D eigenvalue weighted by Crippen LogP contribution is 2.15. The highest BCUT2D eigenvalue weighted by Gasteiger charge is 2.19. The number of piperazine rings is 1. The number of carbonyl (C=O) groups is 1. The maximum atomic E-state index is 12.0. The lowest BCUT2D eigenvalue weighted by atomic mass is 10.2. The summed E-state index contributed by atoms with van der Waals surface area (Å²) in [4.78, 5) is 16.8. The number of carbonyl (C=O) groups excluding carboxylic acids is 1. The second-order valence-electron chi connectivity index (χ2n) is 6.45. The highest BCUT2D eigenvalue weighted by atomic mass is 16.5. The number of aromatic nitrogens is 1. The highest BCUT2D eigenvalue weighted by molar-refractivity contribution is 5.88. The molecule has 1 aromatic heterocycles. The van der Waals surface area contributed by atoms with Gasteiger partial charge in [0.15, 0.2) is 5.82 Å². The van der Waals surface area contributed by atoms with Crippen LogP contribution >= 0.6 is 0 Å². The van der Waals surface area contributed by atoms with Crippen molar-refractivity contribution in [2.24, 2.45) is 0 Å². The second kappa shape index (κ2) is 8.02. The number of hydrogen-bond donors (Lipinski definition) is 2.